The molecular weight excluding hydrogens is 304 g/mol. The van der Waals surface area contributed by atoms with Gasteiger partial charge in [0.25, 0.3) is 0 Å². The topological polar surface area (TPSA) is 75.7 Å². The first-order chi connectivity index (χ1) is 10.3. The number of sulfonamides is 1. The molecule has 0 atom stereocenters. The summed E-state index contributed by atoms with van der Waals surface area (Å²) in [5.74, 6) is -0.00751. The van der Waals surface area contributed by atoms with E-state index >= 15 is 0 Å². The molecule has 0 fully saturated rings. The number of ether oxygens (including phenoxy) is 1. The predicted octanol–water partition coefficient (Wildman–Crippen LogP) is 1.26. The normalized spacial score (nSPS) is 16.9. The van der Waals surface area contributed by atoms with Crippen molar-refractivity contribution >= 4 is 21.6 Å². The van der Waals surface area contributed by atoms with E-state index in [9.17, 15) is 13.2 Å². The molecule has 0 aromatic heterocycles. The second kappa shape index (κ2) is 5.98. The zero-order valence-corrected chi connectivity index (χ0v) is 14.2. The highest BCUT2D eigenvalue weighted by atomic mass is 32.2. The van der Waals surface area contributed by atoms with Crippen molar-refractivity contribution in [3.8, 4) is 0 Å². The number of amides is 1. The molecule has 1 heterocycles. The van der Waals surface area contributed by atoms with Crippen LogP contribution in [-0.2, 0) is 25.0 Å². The predicted molar refractivity (Wildman–Crippen MR) is 84.6 cm³/mol. The quantitative estimate of drug-likeness (QED) is 0.799. The molecule has 6 nitrogen and oxygen atoms in total. The van der Waals surface area contributed by atoms with E-state index in [0.29, 0.717) is 13.2 Å². The van der Waals surface area contributed by atoms with Crippen LogP contribution in [0.4, 0.5) is 5.69 Å². The minimum atomic E-state index is -3.61. The van der Waals surface area contributed by atoms with Crippen LogP contribution in [0.25, 0.3) is 0 Å². The van der Waals surface area contributed by atoms with E-state index in [1.54, 1.807) is 17.0 Å². The second-order valence-electron chi connectivity index (χ2n) is 5.74. The molecule has 22 heavy (non-hydrogen) atoms. The van der Waals surface area contributed by atoms with Gasteiger partial charge in [-0.05, 0) is 44.5 Å². The van der Waals surface area contributed by atoms with Crippen molar-refractivity contribution in [3.63, 3.8) is 0 Å². The van der Waals surface area contributed by atoms with Gasteiger partial charge in [-0.3, -0.25) is 4.79 Å². The van der Waals surface area contributed by atoms with Crippen LogP contribution in [0.5, 0.6) is 0 Å². The SMILES string of the molecule is CCN1C(=O)C(C)(C)c2cc(S(=O)(=O)NCCOC)ccc21. The first-order valence-electron chi connectivity index (χ1n) is 7.20. The number of fused-ring (bicyclic) bond motifs is 1. The van der Waals surface area contributed by atoms with Gasteiger partial charge in [0.1, 0.15) is 0 Å². The second-order valence-corrected chi connectivity index (χ2v) is 7.51. The minimum absolute atomic E-state index is 0.00751. The Labute approximate surface area is 131 Å². The molecule has 0 saturated carbocycles. The molecule has 1 amide bonds. The highest BCUT2D eigenvalue weighted by Crippen LogP contribution is 2.42. The van der Waals surface area contributed by atoms with Crippen LogP contribution < -0.4 is 9.62 Å². The van der Waals surface area contributed by atoms with Gasteiger partial charge in [0.15, 0.2) is 0 Å². The Morgan fingerprint density at radius 1 is 1.32 bits per heavy atom. The highest BCUT2D eigenvalue weighted by molar-refractivity contribution is 7.89. The lowest BCUT2D eigenvalue weighted by atomic mass is 9.86. The van der Waals surface area contributed by atoms with Gasteiger partial charge in [0.05, 0.1) is 16.9 Å². The zero-order chi connectivity index (χ0) is 16.5. The lowest BCUT2D eigenvalue weighted by molar-refractivity contribution is -0.122. The number of nitrogens with one attached hydrogen (secondary N) is 1. The van der Waals surface area contributed by atoms with Crippen LogP contribution in [0.15, 0.2) is 23.1 Å². The van der Waals surface area contributed by atoms with Crippen LogP contribution in [-0.4, -0.2) is 41.1 Å². The van der Waals surface area contributed by atoms with E-state index in [1.165, 1.54) is 13.2 Å². The summed E-state index contributed by atoms with van der Waals surface area (Å²) >= 11 is 0. The van der Waals surface area contributed by atoms with Crippen LogP contribution in [0, 0.1) is 0 Å². The van der Waals surface area contributed by atoms with Gasteiger partial charge in [-0.25, -0.2) is 13.1 Å². The lowest BCUT2D eigenvalue weighted by Crippen LogP contribution is -2.35. The number of carbonyl (C=O) groups is 1. The van der Waals surface area contributed by atoms with Gasteiger partial charge in [-0.1, -0.05) is 0 Å². The Morgan fingerprint density at radius 3 is 2.59 bits per heavy atom. The van der Waals surface area contributed by atoms with Crippen LogP contribution in [0.2, 0.25) is 0 Å². The number of hydrogen-bond acceptors (Lipinski definition) is 4. The number of hydrogen-bond donors (Lipinski definition) is 1. The maximum Gasteiger partial charge on any atom is 0.240 e. The molecule has 0 aliphatic carbocycles. The Hall–Kier alpha value is -1.44. The van der Waals surface area contributed by atoms with E-state index in [2.05, 4.69) is 4.72 Å². The molecular formula is C15H22N2O4S. The first-order valence-corrected chi connectivity index (χ1v) is 8.69. The van der Waals surface area contributed by atoms with Crippen LogP contribution in [0.1, 0.15) is 26.3 Å². The fourth-order valence-corrected chi connectivity index (χ4v) is 3.69. The van der Waals surface area contributed by atoms with Gasteiger partial charge in [0, 0.05) is 25.9 Å². The zero-order valence-electron chi connectivity index (χ0n) is 13.3. The first kappa shape index (κ1) is 16.9. The fourth-order valence-electron chi connectivity index (χ4n) is 2.66. The average molecular weight is 326 g/mol. The standard InChI is InChI=1S/C15H22N2O4S/c1-5-17-13-7-6-11(22(19,20)16-8-9-21-4)10-12(13)15(2,3)14(17)18/h6-7,10,16H,5,8-9H2,1-4H3. The van der Waals surface area contributed by atoms with Crippen molar-refractivity contribution in [2.75, 3.05) is 31.7 Å². The smallest absolute Gasteiger partial charge is 0.240 e. The summed E-state index contributed by atoms with van der Waals surface area (Å²) in [6, 6.07) is 4.83. The molecule has 0 saturated heterocycles. The van der Waals surface area contributed by atoms with Gasteiger partial charge < -0.3 is 9.64 Å². The Morgan fingerprint density at radius 2 is 2.00 bits per heavy atom. The molecule has 122 valence electrons. The van der Waals surface area contributed by atoms with E-state index in [1.807, 2.05) is 20.8 Å². The van der Waals surface area contributed by atoms with Crippen molar-refractivity contribution in [1.29, 1.82) is 0 Å². The lowest BCUT2D eigenvalue weighted by Gasteiger charge is -2.18. The monoisotopic (exact) mass is 326 g/mol. The van der Waals surface area contributed by atoms with Gasteiger partial charge in [-0.15, -0.1) is 0 Å². The van der Waals surface area contributed by atoms with Crippen LogP contribution >= 0.6 is 0 Å². The molecule has 0 bridgehead atoms. The third-order valence-electron chi connectivity index (χ3n) is 3.94. The summed E-state index contributed by atoms with van der Waals surface area (Å²) in [5.41, 5.74) is 0.811. The summed E-state index contributed by atoms with van der Waals surface area (Å²) in [4.78, 5) is 14.3. The third-order valence-corrected chi connectivity index (χ3v) is 5.40. The number of anilines is 1. The molecule has 1 aliphatic rings. The van der Waals surface area contributed by atoms with E-state index in [0.717, 1.165) is 11.3 Å². The number of methoxy groups -OCH3 is 1. The molecule has 1 aromatic carbocycles. The van der Waals surface area contributed by atoms with E-state index in [4.69, 9.17) is 4.74 Å². The maximum atomic E-state index is 12.4. The average Bonchev–Trinajstić information content (AvgIpc) is 2.66. The third kappa shape index (κ3) is 2.76. The number of rotatable bonds is 6. The summed E-state index contributed by atoms with van der Waals surface area (Å²) in [6.07, 6.45) is 0. The van der Waals surface area contributed by atoms with Gasteiger partial charge >= 0.3 is 0 Å². The largest absolute Gasteiger partial charge is 0.383 e. The van der Waals surface area contributed by atoms with Gasteiger partial charge in [0.2, 0.25) is 15.9 Å². The fraction of sp³-hybridized carbons (Fsp3) is 0.533. The molecule has 0 radical (unpaired) electrons. The number of carbonyl (C=O) groups excluding carboxylic acids is 1. The highest BCUT2D eigenvalue weighted by Gasteiger charge is 2.43. The van der Waals surface area contributed by atoms with Crippen molar-refractivity contribution < 1.29 is 17.9 Å². The number of benzene rings is 1. The van der Waals surface area contributed by atoms with Crippen molar-refractivity contribution in [2.45, 2.75) is 31.1 Å². The maximum absolute atomic E-state index is 12.4. The Kier molecular flexibility index (Phi) is 4.60. The molecule has 0 unspecified atom stereocenters. The number of likely N-dealkylation sites (N-methyl/N-ethyl adjacent to an activating group) is 1. The molecule has 2 rings (SSSR count). The molecule has 0 spiro atoms. The molecule has 7 heteroatoms. The van der Waals surface area contributed by atoms with E-state index < -0.39 is 15.4 Å². The number of nitrogens with zero attached hydrogens (tertiary/aromatic N) is 1. The molecule has 1 aliphatic heterocycles. The summed E-state index contributed by atoms with van der Waals surface area (Å²) < 4.78 is 31.9. The summed E-state index contributed by atoms with van der Waals surface area (Å²) in [5, 5.41) is 0. The van der Waals surface area contributed by atoms with Crippen LogP contribution in [0.3, 0.4) is 0 Å². The van der Waals surface area contributed by atoms with E-state index in [-0.39, 0.29) is 17.3 Å². The summed E-state index contributed by atoms with van der Waals surface area (Å²) in [6.45, 7) is 6.61. The summed E-state index contributed by atoms with van der Waals surface area (Å²) in [7, 11) is -2.09. The minimum Gasteiger partial charge on any atom is -0.383 e. The Balaban J connectivity index is 2.41. The van der Waals surface area contributed by atoms with Crippen molar-refractivity contribution in [3.05, 3.63) is 23.8 Å². The Bertz CT molecular complexity index is 683. The molecule has 1 aromatic rings. The van der Waals surface area contributed by atoms with Crippen molar-refractivity contribution in [2.24, 2.45) is 0 Å². The van der Waals surface area contributed by atoms with Gasteiger partial charge in [-0.2, -0.15) is 0 Å². The van der Waals surface area contributed by atoms with Crippen molar-refractivity contribution in [1.82, 2.24) is 4.72 Å². The molecule has 1 N–H and O–H groups in total.